The molecule has 0 spiro atoms. The summed E-state index contributed by atoms with van der Waals surface area (Å²) in [5.74, 6) is 1.59. The number of guanidine groups is 1. The summed E-state index contributed by atoms with van der Waals surface area (Å²) >= 11 is 6.01. The minimum absolute atomic E-state index is 0. The van der Waals surface area contributed by atoms with E-state index in [9.17, 15) is 4.79 Å². The van der Waals surface area contributed by atoms with Crippen molar-refractivity contribution in [3.05, 3.63) is 28.8 Å². The lowest BCUT2D eigenvalue weighted by Crippen LogP contribution is -2.49. The molecule has 1 saturated carbocycles. The number of halogens is 2. The van der Waals surface area contributed by atoms with Crippen LogP contribution in [0.15, 0.2) is 23.2 Å². The van der Waals surface area contributed by atoms with Crippen molar-refractivity contribution >= 4 is 47.4 Å². The third-order valence-electron chi connectivity index (χ3n) is 4.93. The van der Waals surface area contributed by atoms with Gasteiger partial charge in [0.25, 0.3) is 0 Å². The Kier molecular flexibility index (Phi) is 9.66. The Morgan fingerprint density at radius 1 is 1.30 bits per heavy atom. The lowest BCUT2D eigenvalue weighted by Gasteiger charge is -2.31. The van der Waals surface area contributed by atoms with E-state index >= 15 is 0 Å². The van der Waals surface area contributed by atoms with Crippen LogP contribution in [0.25, 0.3) is 0 Å². The normalized spacial score (nSPS) is 15.7. The Balaban J connectivity index is 0.00000364. The van der Waals surface area contributed by atoms with Crippen LogP contribution in [-0.2, 0) is 11.3 Å². The van der Waals surface area contributed by atoms with Crippen LogP contribution in [0, 0.1) is 5.41 Å². The van der Waals surface area contributed by atoms with Gasteiger partial charge in [0, 0.05) is 44.8 Å². The summed E-state index contributed by atoms with van der Waals surface area (Å²) in [5, 5.41) is 7.25. The van der Waals surface area contributed by atoms with Gasteiger partial charge in [0.15, 0.2) is 5.96 Å². The number of nitrogens with zero attached hydrogens (tertiary/aromatic N) is 2. The fourth-order valence-corrected chi connectivity index (χ4v) is 3.67. The van der Waals surface area contributed by atoms with Crippen LogP contribution in [-0.4, -0.2) is 51.6 Å². The van der Waals surface area contributed by atoms with Crippen LogP contribution in [0.3, 0.4) is 0 Å². The molecule has 0 heterocycles. The Bertz CT molecular complexity index is 661. The highest BCUT2D eigenvalue weighted by Crippen LogP contribution is 2.38. The standard InChI is InChI=1S/C19H29ClN4O2.HI/c1-21-18(22-12-14-7-8-15(20)11-16(14)26-4)23-13-19(9-5-6-10-19)17(25)24(2)3;/h7-8,11H,5-6,9-10,12-13H2,1-4H3,(H2,21,22,23);1H. The number of nitrogens with one attached hydrogen (secondary N) is 2. The van der Waals surface area contributed by atoms with Gasteiger partial charge in [-0.1, -0.05) is 30.5 Å². The van der Waals surface area contributed by atoms with Crippen molar-refractivity contribution in [2.24, 2.45) is 10.4 Å². The van der Waals surface area contributed by atoms with Crippen molar-refractivity contribution in [3.63, 3.8) is 0 Å². The molecule has 0 atom stereocenters. The first-order chi connectivity index (χ1) is 12.4. The van der Waals surface area contributed by atoms with Crippen LogP contribution in [0.5, 0.6) is 5.75 Å². The average Bonchev–Trinajstić information content (AvgIpc) is 3.11. The number of ether oxygens (including phenoxy) is 1. The first-order valence-corrected chi connectivity index (χ1v) is 9.28. The highest BCUT2D eigenvalue weighted by Gasteiger charge is 2.42. The van der Waals surface area contributed by atoms with E-state index in [0.717, 1.165) is 37.0 Å². The molecular weight excluding hydrogens is 479 g/mol. The van der Waals surface area contributed by atoms with Gasteiger partial charge in [-0.2, -0.15) is 0 Å². The number of aliphatic imine (C=N–C) groups is 1. The molecule has 0 aliphatic heterocycles. The molecule has 152 valence electrons. The molecule has 8 heteroatoms. The molecule has 0 radical (unpaired) electrons. The molecule has 2 rings (SSSR count). The van der Waals surface area contributed by atoms with Gasteiger partial charge in [-0.25, -0.2) is 0 Å². The number of rotatable bonds is 6. The summed E-state index contributed by atoms with van der Waals surface area (Å²) in [6, 6.07) is 5.55. The summed E-state index contributed by atoms with van der Waals surface area (Å²) < 4.78 is 5.37. The topological polar surface area (TPSA) is 66.0 Å². The second kappa shape index (κ2) is 10.9. The zero-order valence-electron chi connectivity index (χ0n) is 16.5. The summed E-state index contributed by atoms with van der Waals surface area (Å²) in [7, 11) is 6.99. The van der Waals surface area contributed by atoms with Crippen LogP contribution in [0.2, 0.25) is 5.02 Å². The van der Waals surface area contributed by atoms with Gasteiger partial charge in [0.05, 0.1) is 12.5 Å². The summed E-state index contributed by atoms with van der Waals surface area (Å²) in [4.78, 5) is 18.6. The number of hydrogen-bond donors (Lipinski definition) is 2. The fraction of sp³-hybridized carbons (Fsp3) is 0.579. The molecule has 0 aromatic heterocycles. The lowest BCUT2D eigenvalue weighted by atomic mass is 9.84. The summed E-state index contributed by atoms with van der Waals surface area (Å²) in [6.45, 7) is 1.14. The van der Waals surface area contributed by atoms with Crippen molar-refractivity contribution in [2.45, 2.75) is 32.2 Å². The number of carbonyl (C=O) groups is 1. The van der Waals surface area contributed by atoms with Gasteiger partial charge in [-0.15, -0.1) is 24.0 Å². The average molecular weight is 509 g/mol. The molecule has 27 heavy (non-hydrogen) atoms. The molecule has 1 aromatic carbocycles. The van der Waals surface area contributed by atoms with E-state index in [-0.39, 0.29) is 35.3 Å². The van der Waals surface area contributed by atoms with E-state index in [1.165, 1.54) is 0 Å². The Morgan fingerprint density at radius 2 is 1.96 bits per heavy atom. The summed E-state index contributed by atoms with van der Waals surface area (Å²) in [6.07, 6.45) is 4.02. The number of hydrogen-bond acceptors (Lipinski definition) is 3. The molecule has 6 nitrogen and oxygen atoms in total. The van der Waals surface area contributed by atoms with Crippen LogP contribution in [0.1, 0.15) is 31.2 Å². The summed E-state index contributed by atoms with van der Waals surface area (Å²) in [5.41, 5.74) is 0.652. The Hall–Kier alpha value is -1.22. The zero-order valence-corrected chi connectivity index (χ0v) is 19.6. The van der Waals surface area contributed by atoms with Crippen molar-refractivity contribution < 1.29 is 9.53 Å². The minimum Gasteiger partial charge on any atom is -0.496 e. The largest absolute Gasteiger partial charge is 0.496 e. The number of carbonyl (C=O) groups excluding carboxylic acids is 1. The van der Waals surface area contributed by atoms with Crippen molar-refractivity contribution in [3.8, 4) is 5.75 Å². The minimum atomic E-state index is -0.334. The predicted molar refractivity (Wildman–Crippen MR) is 121 cm³/mol. The van der Waals surface area contributed by atoms with Gasteiger partial charge in [0.1, 0.15) is 5.75 Å². The predicted octanol–water partition coefficient (Wildman–Crippen LogP) is 3.28. The van der Waals surface area contributed by atoms with E-state index < -0.39 is 0 Å². The molecule has 0 bridgehead atoms. The lowest BCUT2D eigenvalue weighted by molar-refractivity contribution is -0.138. The van der Waals surface area contributed by atoms with Crippen molar-refractivity contribution in [1.82, 2.24) is 15.5 Å². The monoisotopic (exact) mass is 508 g/mol. The molecule has 1 aromatic rings. The SMILES string of the molecule is CN=C(NCc1ccc(Cl)cc1OC)NCC1(C(=O)N(C)C)CCCC1.I. The third kappa shape index (κ3) is 6.14. The molecule has 1 fully saturated rings. The number of methoxy groups -OCH3 is 1. The number of amides is 1. The quantitative estimate of drug-likeness (QED) is 0.352. The van der Waals surface area contributed by atoms with Crippen molar-refractivity contribution in [2.75, 3.05) is 34.8 Å². The fourth-order valence-electron chi connectivity index (χ4n) is 3.51. The van der Waals surface area contributed by atoms with Gasteiger partial charge < -0.3 is 20.3 Å². The molecule has 2 N–H and O–H groups in total. The smallest absolute Gasteiger partial charge is 0.230 e. The van der Waals surface area contributed by atoms with E-state index in [1.54, 1.807) is 25.1 Å². The third-order valence-corrected chi connectivity index (χ3v) is 5.17. The maximum absolute atomic E-state index is 12.7. The van der Waals surface area contributed by atoms with Gasteiger partial charge in [0.2, 0.25) is 5.91 Å². The Labute approximate surface area is 184 Å². The highest BCUT2D eigenvalue weighted by molar-refractivity contribution is 14.0. The molecular formula is C19H30ClIN4O2. The van der Waals surface area contributed by atoms with Gasteiger partial charge in [-0.3, -0.25) is 9.79 Å². The maximum Gasteiger partial charge on any atom is 0.230 e. The van der Waals surface area contributed by atoms with Crippen LogP contribution in [0.4, 0.5) is 0 Å². The second-order valence-electron chi connectivity index (χ2n) is 6.92. The molecule has 1 aliphatic carbocycles. The molecule has 0 unspecified atom stereocenters. The maximum atomic E-state index is 12.7. The Morgan fingerprint density at radius 3 is 2.52 bits per heavy atom. The van der Waals surface area contributed by atoms with Crippen LogP contribution < -0.4 is 15.4 Å². The first-order valence-electron chi connectivity index (χ1n) is 8.90. The second-order valence-corrected chi connectivity index (χ2v) is 7.36. The molecule has 1 aliphatic rings. The molecule has 0 saturated heterocycles. The first kappa shape index (κ1) is 23.8. The van der Waals surface area contributed by atoms with E-state index in [1.807, 2.05) is 26.2 Å². The number of benzene rings is 1. The highest BCUT2D eigenvalue weighted by atomic mass is 127. The van der Waals surface area contributed by atoms with Gasteiger partial charge >= 0.3 is 0 Å². The van der Waals surface area contributed by atoms with E-state index in [0.29, 0.717) is 24.1 Å². The van der Waals surface area contributed by atoms with E-state index in [4.69, 9.17) is 16.3 Å². The van der Waals surface area contributed by atoms with E-state index in [2.05, 4.69) is 15.6 Å². The zero-order chi connectivity index (χ0) is 19.2. The molecule has 1 amide bonds. The van der Waals surface area contributed by atoms with Gasteiger partial charge in [-0.05, 0) is 25.0 Å². The van der Waals surface area contributed by atoms with Crippen LogP contribution >= 0.6 is 35.6 Å². The van der Waals surface area contributed by atoms with Crippen molar-refractivity contribution in [1.29, 1.82) is 0 Å².